The normalized spacial score (nSPS) is 14.6. The monoisotopic (exact) mass is 1360 g/mol. The van der Waals surface area contributed by atoms with Gasteiger partial charge >= 0.3 is 11.9 Å². The minimum absolute atomic E-state index is 0.0122. The Bertz CT molecular complexity index is 3430. The molecular formula is C64H92N13O16PS. The highest BCUT2D eigenvalue weighted by atomic mass is 32.2. The molecule has 0 saturated carbocycles. The zero-order chi connectivity index (χ0) is 68.7. The minimum atomic E-state index is -4.46. The number of ether oxygens (including phenoxy) is 4. The van der Waals surface area contributed by atoms with Crippen LogP contribution in [0.3, 0.4) is 0 Å². The van der Waals surface area contributed by atoms with Gasteiger partial charge in [0.1, 0.15) is 29.1 Å². The first kappa shape index (κ1) is 76.4. The van der Waals surface area contributed by atoms with Gasteiger partial charge in [0, 0.05) is 143 Å². The van der Waals surface area contributed by atoms with Gasteiger partial charge in [-0.15, -0.1) is 0 Å². The quantitative estimate of drug-likeness (QED) is 0.0200. The van der Waals surface area contributed by atoms with Crippen LogP contribution in [0.25, 0.3) is 10.9 Å². The third-order valence-electron chi connectivity index (χ3n) is 15.5. The van der Waals surface area contributed by atoms with Crippen LogP contribution in [0.1, 0.15) is 65.2 Å². The van der Waals surface area contributed by atoms with E-state index in [-0.39, 0.29) is 77.2 Å². The predicted molar refractivity (Wildman–Crippen MR) is 358 cm³/mol. The summed E-state index contributed by atoms with van der Waals surface area (Å²) in [4.78, 5) is 105. The van der Waals surface area contributed by atoms with Crippen LogP contribution in [-0.4, -0.2) is 238 Å². The molecule has 3 heterocycles. The number of amides is 4. The van der Waals surface area contributed by atoms with Crippen molar-refractivity contribution in [3.05, 3.63) is 118 Å². The fraction of sp³-hybridized carbons (Fsp3) is 0.516. The van der Waals surface area contributed by atoms with Crippen LogP contribution in [-0.2, 0) is 68.2 Å². The number of anilines is 1. The second-order valence-electron chi connectivity index (χ2n) is 22.9. The van der Waals surface area contributed by atoms with Gasteiger partial charge in [0.15, 0.2) is 5.95 Å². The van der Waals surface area contributed by atoms with Crippen LogP contribution in [0, 0.1) is 20.9 Å². The van der Waals surface area contributed by atoms with Gasteiger partial charge in [0.05, 0.1) is 66.0 Å². The first-order valence-electron chi connectivity index (χ1n) is 31.7. The van der Waals surface area contributed by atoms with Gasteiger partial charge in [-0.1, -0.05) is 25.1 Å². The smallest absolute Gasteiger partial charge is 0.323 e. The van der Waals surface area contributed by atoms with Crippen LogP contribution < -0.4 is 46.0 Å². The number of carbonyl (C=O) groups is 6. The van der Waals surface area contributed by atoms with Crippen LogP contribution in [0.4, 0.5) is 5.95 Å². The van der Waals surface area contributed by atoms with Crippen LogP contribution >= 0.6 is 9.47 Å². The van der Waals surface area contributed by atoms with E-state index in [1.54, 1.807) is 59.2 Å². The summed E-state index contributed by atoms with van der Waals surface area (Å²) in [6.07, 6.45) is 6.49. The van der Waals surface area contributed by atoms with Gasteiger partial charge in [0.25, 0.3) is 5.91 Å². The number of carbonyl (C=O) groups excluding carboxylic acids is 4. The number of hydrogen-bond acceptors (Lipinski definition) is 20. The van der Waals surface area contributed by atoms with E-state index in [1.165, 1.54) is 32.2 Å². The van der Waals surface area contributed by atoms with Crippen molar-refractivity contribution >= 4 is 71.9 Å². The summed E-state index contributed by atoms with van der Waals surface area (Å²) < 4.78 is 59.1. The number of rotatable bonds is 39. The molecule has 2 aromatic heterocycles. The number of aromatic nitrogens is 3. The molecule has 4 amide bonds. The Hall–Kier alpha value is -7.64. The van der Waals surface area contributed by atoms with Gasteiger partial charge in [-0.3, -0.25) is 48.3 Å². The first-order chi connectivity index (χ1) is 45.6. The van der Waals surface area contributed by atoms with Crippen molar-refractivity contribution in [1.29, 1.82) is 0 Å². The third kappa shape index (κ3) is 26.5. The molecule has 1 saturated heterocycles. The average molecular weight is 1360 g/mol. The number of nitrogens with one attached hydrogen (secondary N) is 7. The molecule has 3 atom stereocenters. The Morgan fingerprint density at radius 1 is 0.726 bits per heavy atom. The van der Waals surface area contributed by atoms with E-state index in [9.17, 15) is 52.2 Å². The maximum absolute atomic E-state index is 13.7. The zero-order valence-electron chi connectivity index (χ0n) is 54.5. The topological polar surface area (TPSA) is 359 Å². The maximum Gasteiger partial charge on any atom is 0.323 e. The Balaban J connectivity index is 0.809. The average Bonchev–Trinajstić information content (AvgIpc) is 1.38. The van der Waals surface area contributed by atoms with E-state index < -0.39 is 51.9 Å². The molecule has 0 aliphatic carbocycles. The van der Waals surface area contributed by atoms with Gasteiger partial charge in [-0.25, -0.2) is 13.4 Å². The minimum Gasteiger partial charge on any atom is -0.494 e. The second-order valence-corrected chi connectivity index (χ2v) is 24.8. The van der Waals surface area contributed by atoms with Gasteiger partial charge in [-0.05, 0) is 98.3 Å². The second kappa shape index (κ2) is 40.0. The number of nitrogens with zero attached hydrogens (tertiary/aromatic N) is 6. The van der Waals surface area contributed by atoms with E-state index in [0.29, 0.717) is 147 Å². The summed E-state index contributed by atoms with van der Waals surface area (Å²) in [7, 11) is 5.71. The molecule has 9 N–H and O–H groups in total. The number of H-pyrrole nitrogens is 1. The van der Waals surface area contributed by atoms with Crippen molar-refractivity contribution in [3.63, 3.8) is 0 Å². The standard InChI is InChI=1S/C64H92N13O16PS/c1-6-75-23-21-73(4)22-24-76(27-28-77(26-25-75)44-58(80)81)43-57(79)71-53(38-47-11-14-49(93-94)15-12-47)62(84)66-18-9-30-90-33-35-91-34-32-89-29-8-17-65-56(78)10-7-31-92-50-36-45(2)60(46(3)37-50)95(87,88)72-54(63(85)86)41-69-61(83)52-42-74(5)55-39-48(13-16-51(55)59(52)82)40-70-64-67-19-20-68-64/h4,11-16,19-20,36-37,39,42,53-54,72H,6-10,17-18,21-35,38,40-41,43-44,94H2,1-3,5H3,(H,65,78)(H,66,84)(H,69,83)(H,71,79)(H,80,81)(H,85,86)(H2,67,68,70)/t53-,54?/m1/s1. The molecule has 6 rings (SSSR count). The number of benzene rings is 3. The van der Waals surface area contributed by atoms with Gasteiger partial charge in [-0.2, -0.15) is 4.72 Å². The van der Waals surface area contributed by atoms with E-state index in [2.05, 4.69) is 62.6 Å². The molecule has 2 unspecified atom stereocenters. The molecule has 95 heavy (non-hydrogen) atoms. The molecule has 5 aromatic rings. The fourth-order valence-electron chi connectivity index (χ4n) is 10.4. The Kier molecular flexibility index (Phi) is 32.2. The van der Waals surface area contributed by atoms with Gasteiger partial charge < -0.3 is 74.7 Å². The number of pyridine rings is 1. The number of imidazole rings is 1. The third-order valence-corrected chi connectivity index (χ3v) is 17.6. The number of carboxylic acids is 2. The van der Waals surface area contributed by atoms with E-state index in [0.717, 1.165) is 24.2 Å². The SMILES string of the molecule is [CH]N1CCN(CC)CCN(CC(=O)O)CCN(CC(=O)N[C@H](Cc2ccc(OP)cc2)C(=O)NCCCOCCOCCOCCCNC(=O)CCCOc2cc(C)c(S(=O)(=O)NC(CNC(=O)c3cn(C)c4cc(CNc5ncc[nH]5)ccc4c3=O)C(=O)O)c(C)c2)CC1. The van der Waals surface area contributed by atoms with Crippen LogP contribution in [0.2, 0.25) is 0 Å². The van der Waals surface area contributed by atoms with Crippen LogP contribution in [0.5, 0.6) is 11.5 Å². The van der Waals surface area contributed by atoms with Crippen molar-refractivity contribution < 1.29 is 70.9 Å². The first-order valence-corrected chi connectivity index (χ1v) is 33.6. The highest BCUT2D eigenvalue weighted by molar-refractivity contribution is 7.89. The van der Waals surface area contributed by atoms with Crippen molar-refractivity contribution in [2.24, 2.45) is 7.05 Å². The van der Waals surface area contributed by atoms with Crippen molar-refractivity contribution in [2.75, 3.05) is 143 Å². The maximum atomic E-state index is 13.7. The molecule has 1 aliphatic rings. The summed E-state index contributed by atoms with van der Waals surface area (Å²) in [6.45, 7) is 13.0. The summed E-state index contributed by atoms with van der Waals surface area (Å²) in [5.74, 6) is -2.69. The highest BCUT2D eigenvalue weighted by Crippen LogP contribution is 2.27. The lowest BCUT2D eigenvalue weighted by molar-refractivity contribution is -0.139. The largest absolute Gasteiger partial charge is 0.494 e. The lowest BCUT2D eigenvalue weighted by atomic mass is 10.0. The molecule has 31 heteroatoms. The Labute approximate surface area is 557 Å². The molecule has 1 aliphatic heterocycles. The molecule has 2 radical (unpaired) electrons. The summed E-state index contributed by atoms with van der Waals surface area (Å²) >= 11 is 0. The lowest BCUT2D eigenvalue weighted by Gasteiger charge is -2.32. The summed E-state index contributed by atoms with van der Waals surface area (Å²) in [5.41, 5.74) is 1.92. The van der Waals surface area contributed by atoms with Crippen molar-refractivity contribution in [2.45, 2.75) is 76.4 Å². The number of likely N-dealkylation sites (N-methyl/N-ethyl adjacent to an activating group) is 1. The van der Waals surface area contributed by atoms with E-state index in [1.807, 2.05) is 21.9 Å². The number of fused-ring (bicyclic) bond motifs is 1. The highest BCUT2D eigenvalue weighted by Gasteiger charge is 2.30. The number of aliphatic carboxylic acids is 2. The number of carboxylic acid groups (broad SMARTS) is 2. The fourth-order valence-corrected chi connectivity index (χ4v) is 12.2. The van der Waals surface area contributed by atoms with Crippen molar-refractivity contribution in [3.8, 4) is 11.5 Å². The zero-order valence-corrected chi connectivity index (χ0v) is 56.5. The molecule has 3 aromatic carbocycles. The van der Waals surface area contributed by atoms with Crippen LogP contribution in [0.15, 0.2) is 82.9 Å². The molecule has 0 spiro atoms. The van der Waals surface area contributed by atoms with Crippen molar-refractivity contribution in [1.82, 2.24) is 60.1 Å². The Morgan fingerprint density at radius 2 is 1.34 bits per heavy atom. The molecular weight excluding hydrogens is 1270 g/mol. The van der Waals surface area contributed by atoms with E-state index in [4.69, 9.17) is 30.5 Å². The number of sulfonamides is 1. The summed E-state index contributed by atoms with van der Waals surface area (Å²) in [5, 5.41) is 34.1. The van der Waals surface area contributed by atoms with Gasteiger partial charge in [0.2, 0.25) is 33.2 Å². The number of hydrogen-bond donors (Lipinski definition) is 9. The molecule has 0 bridgehead atoms. The molecule has 1 fully saturated rings. The molecule has 520 valence electrons. The number of aromatic amines is 1. The predicted octanol–water partition coefficient (Wildman–Crippen LogP) is 1.76. The summed E-state index contributed by atoms with van der Waals surface area (Å²) in [6, 6.07) is 12.7. The lowest BCUT2D eigenvalue weighted by Crippen LogP contribution is -2.52. The molecule has 29 nitrogen and oxygen atoms in total. The number of aryl methyl sites for hydroxylation is 3. The van der Waals surface area contributed by atoms with E-state index >= 15 is 0 Å². The Morgan fingerprint density at radius 3 is 1.96 bits per heavy atom.